The highest BCUT2D eigenvalue weighted by atomic mass is 16.3. The fourth-order valence-corrected chi connectivity index (χ4v) is 2.69. The van der Waals surface area contributed by atoms with E-state index >= 15 is 0 Å². The normalized spacial score (nSPS) is 11.9. The van der Waals surface area contributed by atoms with Crippen LogP contribution in [0.25, 0.3) is 0 Å². The van der Waals surface area contributed by atoms with E-state index in [1.807, 2.05) is 73.7 Å². The number of nitrogens with one attached hydrogen (secondary N) is 1. The third kappa shape index (κ3) is 4.55. The number of aromatic nitrogens is 2. The fourth-order valence-electron chi connectivity index (χ4n) is 2.69. The van der Waals surface area contributed by atoms with E-state index in [1.165, 1.54) is 0 Å². The van der Waals surface area contributed by atoms with Crippen LogP contribution in [0.15, 0.2) is 66.7 Å². The topological polar surface area (TPSA) is 67.2 Å². The van der Waals surface area contributed by atoms with Crippen LogP contribution in [0.2, 0.25) is 0 Å². The molecule has 2 N–H and O–H groups in total. The molecule has 0 bridgehead atoms. The zero-order valence-corrected chi connectivity index (χ0v) is 14.1. The summed E-state index contributed by atoms with van der Waals surface area (Å²) in [5.41, 5.74) is 2.66. The van der Waals surface area contributed by atoms with Gasteiger partial charge in [0.2, 0.25) is 5.91 Å². The summed E-state index contributed by atoms with van der Waals surface area (Å²) in [4.78, 5) is 12.3. The first-order valence-electron chi connectivity index (χ1n) is 8.23. The van der Waals surface area contributed by atoms with E-state index in [1.54, 1.807) is 4.68 Å². The van der Waals surface area contributed by atoms with Crippen molar-refractivity contribution in [2.24, 2.45) is 0 Å². The van der Waals surface area contributed by atoms with Crippen LogP contribution in [0.3, 0.4) is 0 Å². The second-order valence-electron chi connectivity index (χ2n) is 5.99. The van der Waals surface area contributed by atoms with Gasteiger partial charge in [0.1, 0.15) is 5.82 Å². The fraction of sp³-hybridized carbons (Fsp3) is 0.200. The van der Waals surface area contributed by atoms with Crippen molar-refractivity contribution in [1.29, 1.82) is 0 Å². The molecule has 0 saturated carbocycles. The minimum atomic E-state index is -0.826. The first-order chi connectivity index (χ1) is 12.1. The first-order valence-corrected chi connectivity index (χ1v) is 8.23. The van der Waals surface area contributed by atoms with Crippen LogP contribution in [0, 0.1) is 6.92 Å². The number of aliphatic hydroxyl groups is 1. The van der Waals surface area contributed by atoms with Crippen molar-refractivity contribution in [3.05, 3.63) is 83.6 Å². The maximum atomic E-state index is 12.3. The van der Waals surface area contributed by atoms with E-state index in [9.17, 15) is 9.90 Å². The SMILES string of the molecule is Cc1cc(NC(=O)CC(O)c2ccccc2)n(Cc2ccccc2)n1. The monoisotopic (exact) mass is 335 g/mol. The van der Waals surface area contributed by atoms with E-state index in [0.29, 0.717) is 12.4 Å². The average Bonchev–Trinajstić information content (AvgIpc) is 2.95. The highest BCUT2D eigenvalue weighted by Gasteiger charge is 2.15. The Hall–Kier alpha value is -2.92. The molecular weight excluding hydrogens is 314 g/mol. The van der Waals surface area contributed by atoms with Crippen molar-refractivity contribution in [2.45, 2.75) is 26.0 Å². The van der Waals surface area contributed by atoms with Gasteiger partial charge in [-0.05, 0) is 18.1 Å². The number of amides is 1. The molecule has 0 fully saturated rings. The van der Waals surface area contributed by atoms with Crippen LogP contribution in [0.4, 0.5) is 5.82 Å². The van der Waals surface area contributed by atoms with Crippen LogP contribution in [-0.4, -0.2) is 20.8 Å². The Labute approximate surface area is 146 Å². The molecule has 5 nitrogen and oxygen atoms in total. The first kappa shape index (κ1) is 16.9. The summed E-state index contributed by atoms with van der Waals surface area (Å²) < 4.78 is 1.76. The molecule has 0 aliphatic carbocycles. The number of nitrogens with zero attached hydrogens (tertiary/aromatic N) is 2. The number of rotatable bonds is 6. The smallest absolute Gasteiger partial charge is 0.228 e. The molecule has 1 amide bonds. The van der Waals surface area contributed by atoms with Gasteiger partial charge in [-0.3, -0.25) is 4.79 Å². The number of carbonyl (C=O) groups excluding carboxylic acids is 1. The van der Waals surface area contributed by atoms with Gasteiger partial charge in [0, 0.05) is 6.07 Å². The Balaban J connectivity index is 1.67. The summed E-state index contributed by atoms with van der Waals surface area (Å²) in [5, 5.41) is 17.5. The number of hydrogen-bond donors (Lipinski definition) is 2. The number of hydrogen-bond acceptors (Lipinski definition) is 3. The Morgan fingerprint density at radius 1 is 1.12 bits per heavy atom. The lowest BCUT2D eigenvalue weighted by Crippen LogP contribution is -2.18. The lowest BCUT2D eigenvalue weighted by atomic mass is 10.1. The summed E-state index contributed by atoms with van der Waals surface area (Å²) >= 11 is 0. The Morgan fingerprint density at radius 3 is 2.44 bits per heavy atom. The van der Waals surface area contributed by atoms with Crippen molar-refractivity contribution in [2.75, 3.05) is 5.32 Å². The van der Waals surface area contributed by atoms with Gasteiger partial charge in [0.05, 0.1) is 24.8 Å². The van der Waals surface area contributed by atoms with Crippen LogP contribution < -0.4 is 5.32 Å². The van der Waals surface area contributed by atoms with Crippen molar-refractivity contribution in [3.63, 3.8) is 0 Å². The van der Waals surface area contributed by atoms with Crippen LogP contribution in [-0.2, 0) is 11.3 Å². The van der Waals surface area contributed by atoms with Crippen LogP contribution in [0.5, 0.6) is 0 Å². The molecule has 3 aromatic rings. The molecule has 0 aliphatic rings. The molecule has 0 aliphatic heterocycles. The summed E-state index contributed by atoms with van der Waals surface area (Å²) in [7, 11) is 0. The van der Waals surface area contributed by atoms with E-state index < -0.39 is 6.10 Å². The molecule has 128 valence electrons. The average molecular weight is 335 g/mol. The second kappa shape index (κ2) is 7.77. The summed E-state index contributed by atoms with van der Waals surface area (Å²) in [6.45, 7) is 2.46. The maximum absolute atomic E-state index is 12.3. The second-order valence-corrected chi connectivity index (χ2v) is 5.99. The lowest BCUT2D eigenvalue weighted by molar-refractivity contribution is -0.118. The molecule has 0 radical (unpaired) electrons. The van der Waals surface area contributed by atoms with E-state index in [2.05, 4.69) is 10.4 Å². The van der Waals surface area contributed by atoms with Gasteiger partial charge in [-0.2, -0.15) is 5.10 Å². The number of aryl methyl sites for hydroxylation is 1. The van der Waals surface area contributed by atoms with Gasteiger partial charge >= 0.3 is 0 Å². The minimum absolute atomic E-state index is 0.000419. The zero-order chi connectivity index (χ0) is 17.6. The van der Waals surface area contributed by atoms with E-state index in [-0.39, 0.29) is 12.3 Å². The molecule has 1 aromatic heterocycles. The molecule has 5 heteroatoms. The van der Waals surface area contributed by atoms with Gasteiger partial charge in [-0.15, -0.1) is 0 Å². The maximum Gasteiger partial charge on any atom is 0.228 e. The number of benzene rings is 2. The third-order valence-electron chi connectivity index (χ3n) is 3.91. The molecule has 0 saturated heterocycles. The number of anilines is 1. The van der Waals surface area contributed by atoms with Crippen LogP contribution in [0.1, 0.15) is 29.3 Å². The largest absolute Gasteiger partial charge is 0.388 e. The van der Waals surface area contributed by atoms with Crippen molar-refractivity contribution < 1.29 is 9.90 Å². The third-order valence-corrected chi connectivity index (χ3v) is 3.91. The quantitative estimate of drug-likeness (QED) is 0.726. The molecule has 1 unspecified atom stereocenters. The number of carbonyl (C=O) groups is 1. The van der Waals surface area contributed by atoms with Gasteiger partial charge < -0.3 is 10.4 Å². The zero-order valence-electron chi connectivity index (χ0n) is 14.1. The predicted octanol–water partition coefficient (Wildman–Crippen LogP) is 3.30. The summed E-state index contributed by atoms with van der Waals surface area (Å²) in [6, 6.07) is 20.9. The highest BCUT2D eigenvalue weighted by molar-refractivity contribution is 5.90. The highest BCUT2D eigenvalue weighted by Crippen LogP contribution is 2.18. The number of aliphatic hydroxyl groups excluding tert-OH is 1. The molecule has 0 spiro atoms. The summed E-state index contributed by atoms with van der Waals surface area (Å²) in [5.74, 6) is 0.386. The molecular formula is C20H21N3O2. The van der Waals surface area contributed by atoms with Gasteiger partial charge in [-0.1, -0.05) is 60.7 Å². The van der Waals surface area contributed by atoms with Gasteiger partial charge in [0.25, 0.3) is 0 Å². The Bertz CT molecular complexity index is 829. The minimum Gasteiger partial charge on any atom is -0.388 e. The molecule has 1 heterocycles. The molecule has 25 heavy (non-hydrogen) atoms. The lowest BCUT2D eigenvalue weighted by Gasteiger charge is -2.12. The Morgan fingerprint density at radius 2 is 1.76 bits per heavy atom. The van der Waals surface area contributed by atoms with Gasteiger partial charge in [0.15, 0.2) is 0 Å². The summed E-state index contributed by atoms with van der Waals surface area (Å²) in [6.07, 6.45) is -0.827. The molecule has 2 aromatic carbocycles. The Kier molecular flexibility index (Phi) is 5.26. The molecule has 3 rings (SSSR count). The van der Waals surface area contributed by atoms with Crippen molar-refractivity contribution in [3.8, 4) is 0 Å². The van der Waals surface area contributed by atoms with Crippen molar-refractivity contribution in [1.82, 2.24) is 9.78 Å². The standard InChI is InChI=1S/C20H21N3O2/c1-15-12-19(23(22-15)14-16-8-4-2-5-9-16)21-20(25)13-18(24)17-10-6-3-7-11-17/h2-12,18,24H,13-14H2,1H3,(H,21,25). The van der Waals surface area contributed by atoms with Crippen molar-refractivity contribution >= 4 is 11.7 Å². The predicted molar refractivity (Wildman–Crippen MR) is 97.2 cm³/mol. The van der Waals surface area contributed by atoms with Crippen LogP contribution >= 0.6 is 0 Å². The molecule has 1 atom stereocenters. The van der Waals surface area contributed by atoms with E-state index in [4.69, 9.17) is 0 Å². The van der Waals surface area contributed by atoms with Gasteiger partial charge in [-0.25, -0.2) is 4.68 Å². The van der Waals surface area contributed by atoms with E-state index in [0.717, 1.165) is 16.8 Å².